The van der Waals surface area contributed by atoms with Crippen LogP contribution in [0.25, 0.3) is 0 Å². The van der Waals surface area contributed by atoms with Crippen molar-refractivity contribution in [2.75, 3.05) is 6.54 Å². The van der Waals surface area contributed by atoms with Gasteiger partial charge in [0.05, 0.1) is 5.41 Å². The van der Waals surface area contributed by atoms with Crippen LogP contribution in [-0.2, 0) is 11.3 Å². The third-order valence-corrected chi connectivity index (χ3v) is 3.22. The van der Waals surface area contributed by atoms with E-state index in [9.17, 15) is 4.79 Å². The van der Waals surface area contributed by atoms with Gasteiger partial charge in [0.15, 0.2) is 0 Å². The molecule has 0 unspecified atom stereocenters. The molecule has 0 spiro atoms. The van der Waals surface area contributed by atoms with Crippen molar-refractivity contribution in [3.63, 3.8) is 0 Å². The van der Waals surface area contributed by atoms with Crippen LogP contribution in [0.15, 0.2) is 28.7 Å². The van der Waals surface area contributed by atoms with Crippen molar-refractivity contribution in [2.24, 2.45) is 5.41 Å². The van der Waals surface area contributed by atoms with Crippen LogP contribution < -0.4 is 5.32 Å². The first kappa shape index (κ1) is 14.2. The highest BCUT2D eigenvalue weighted by atomic mass is 79.9. The van der Waals surface area contributed by atoms with E-state index in [1.807, 2.05) is 18.2 Å². The van der Waals surface area contributed by atoms with Crippen LogP contribution in [0.4, 0.5) is 0 Å². The van der Waals surface area contributed by atoms with Gasteiger partial charge in [-0.15, -0.1) is 0 Å². The highest BCUT2D eigenvalue weighted by molar-refractivity contribution is 9.10. The minimum atomic E-state index is -0.748. The van der Waals surface area contributed by atoms with Crippen LogP contribution in [0, 0.1) is 5.41 Å². The maximum absolute atomic E-state index is 10.9. The molecule has 0 aliphatic rings. The Morgan fingerprint density at radius 3 is 2.76 bits per heavy atom. The van der Waals surface area contributed by atoms with E-state index >= 15 is 0 Å². The molecular formula is C13H18BrNO2. The van der Waals surface area contributed by atoms with Gasteiger partial charge in [0.1, 0.15) is 0 Å². The van der Waals surface area contributed by atoms with E-state index in [0.29, 0.717) is 13.0 Å². The highest BCUT2D eigenvalue weighted by Gasteiger charge is 2.25. The van der Waals surface area contributed by atoms with Crippen LogP contribution >= 0.6 is 15.9 Å². The van der Waals surface area contributed by atoms with E-state index in [2.05, 4.69) is 27.3 Å². The molecule has 4 heteroatoms. The van der Waals surface area contributed by atoms with Crippen molar-refractivity contribution in [1.29, 1.82) is 0 Å². The van der Waals surface area contributed by atoms with Gasteiger partial charge in [-0.05, 0) is 44.5 Å². The van der Waals surface area contributed by atoms with E-state index in [1.165, 1.54) is 5.56 Å². The molecule has 94 valence electrons. The minimum Gasteiger partial charge on any atom is -0.481 e. The molecule has 0 aromatic heterocycles. The Morgan fingerprint density at radius 2 is 2.18 bits per heavy atom. The number of hydrogen-bond donors (Lipinski definition) is 2. The number of nitrogens with one attached hydrogen (secondary N) is 1. The molecular weight excluding hydrogens is 282 g/mol. The second-order valence-corrected chi connectivity index (χ2v) is 5.66. The van der Waals surface area contributed by atoms with Crippen LogP contribution in [0.1, 0.15) is 25.8 Å². The summed E-state index contributed by atoms with van der Waals surface area (Å²) in [5.74, 6) is -0.748. The summed E-state index contributed by atoms with van der Waals surface area (Å²) in [7, 11) is 0. The number of halogens is 1. The van der Waals surface area contributed by atoms with Gasteiger partial charge >= 0.3 is 5.97 Å². The Morgan fingerprint density at radius 1 is 1.47 bits per heavy atom. The van der Waals surface area contributed by atoms with Gasteiger partial charge in [-0.2, -0.15) is 0 Å². The summed E-state index contributed by atoms with van der Waals surface area (Å²) >= 11 is 3.42. The number of carboxylic acid groups (broad SMARTS) is 1. The first-order valence-electron chi connectivity index (χ1n) is 5.60. The van der Waals surface area contributed by atoms with Crippen molar-refractivity contribution in [3.8, 4) is 0 Å². The van der Waals surface area contributed by atoms with Crippen molar-refractivity contribution in [3.05, 3.63) is 34.3 Å². The first-order chi connectivity index (χ1) is 7.92. The fourth-order valence-electron chi connectivity index (χ4n) is 1.39. The Bertz CT molecular complexity index is 391. The summed E-state index contributed by atoms with van der Waals surface area (Å²) in [6.45, 7) is 4.95. The predicted octanol–water partition coefficient (Wildman–Crippen LogP) is 3.04. The average molecular weight is 300 g/mol. The number of aliphatic carboxylic acids is 1. The molecule has 1 aromatic carbocycles. The molecule has 0 atom stereocenters. The lowest BCUT2D eigenvalue weighted by Gasteiger charge is -2.18. The van der Waals surface area contributed by atoms with E-state index in [4.69, 9.17) is 5.11 Å². The second-order valence-electron chi connectivity index (χ2n) is 4.75. The molecule has 3 nitrogen and oxygen atoms in total. The Balaban J connectivity index is 2.32. The molecule has 0 radical (unpaired) electrons. The first-order valence-corrected chi connectivity index (χ1v) is 6.40. The molecule has 2 N–H and O–H groups in total. The van der Waals surface area contributed by atoms with E-state index in [-0.39, 0.29) is 0 Å². The number of carboxylic acids is 1. The lowest BCUT2D eigenvalue weighted by Crippen LogP contribution is -2.28. The molecule has 0 aliphatic heterocycles. The quantitative estimate of drug-likeness (QED) is 0.794. The summed E-state index contributed by atoms with van der Waals surface area (Å²) in [5.41, 5.74) is 0.525. The molecule has 0 amide bonds. The third-order valence-electron chi connectivity index (χ3n) is 2.72. The largest absolute Gasteiger partial charge is 0.481 e. The summed E-state index contributed by atoms with van der Waals surface area (Å²) < 4.78 is 1.06. The van der Waals surface area contributed by atoms with Crippen LogP contribution in [0.2, 0.25) is 0 Å². The smallest absolute Gasteiger partial charge is 0.309 e. The SMILES string of the molecule is CC(C)(CCNCc1cccc(Br)c1)C(=O)O. The topological polar surface area (TPSA) is 49.3 Å². The predicted molar refractivity (Wildman–Crippen MR) is 71.9 cm³/mol. The van der Waals surface area contributed by atoms with Crippen LogP contribution in [0.5, 0.6) is 0 Å². The van der Waals surface area contributed by atoms with Gasteiger partial charge in [-0.1, -0.05) is 28.1 Å². The number of benzene rings is 1. The summed E-state index contributed by atoms with van der Waals surface area (Å²) in [6, 6.07) is 8.06. The normalized spacial score (nSPS) is 11.5. The van der Waals surface area contributed by atoms with Crippen molar-refractivity contribution in [1.82, 2.24) is 5.32 Å². The minimum absolute atomic E-state index is 0.621. The Kier molecular flexibility index (Phi) is 5.15. The van der Waals surface area contributed by atoms with E-state index in [0.717, 1.165) is 11.0 Å². The zero-order valence-electron chi connectivity index (χ0n) is 10.2. The molecule has 1 rings (SSSR count). The van der Waals surface area contributed by atoms with Gasteiger partial charge in [0.25, 0.3) is 0 Å². The van der Waals surface area contributed by atoms with Crippen molar-refractivity contribution < 1.29 is 9.90 Å². The van der Waals surface area contributed by atoms with Gasteiger partial charge in [-0.3, -0.25) is 4.79 Å². The average Bonchev–Trinajstić information content (AvgIpc) is 2.24. The lowest BCUT2D eigenvalue weighted by atomic mass is 9.90. The maximum atomic E-state index is 10.9. The zero-order valence-corrected chi connectivity index (χ0v) is 11.8. The summed E-state index contributed by atoms with van der Waals surface area (Å²) in [5, 5.41) is 12.2. The lowest BCUT2D eigenvalue weighted by molar-refractivity contribution is -0.147. The fraction of sp³-hybridized carbons (Fsp3) is 0.462. The monoisotopic (exact) mass is 299 g/mol. The molecule has 17 heavy (non-hydrogen) atoms. The zero-order chi connectivity index (χ0) is 12.9. The van der Waals surface area contributed by atoms with E-state index in [1.54, 1.807) is 13.8 Å². The Hall–Kier alpha value is -0.870. The maximum Gasteiger partial charge on any atom is 0.309 e. The van der Waals surface area contributed by atoms with Gasteiger partial charge in [0.2, 0.25) is 0 Å². The highest BCUT2D eigenvalue weighted by Crippen LogP contribution is 2.19. The standard InChI is InChI=1S/C13H18BrNO2/c1-13(2,12(16)17)6-7-15-9-10-4-3-5-11(14)8-10/h3-5,8,15H,6-7,9H2,1-2H3,(H,16,17). The molecule has 0 heterocycles. The number of carbonyl (C=O) groups is 1. The second kappa shape index (κ2) is 6.17. The van der Waals surface area contributed by atoms with E-state index < -0.39 is 11.4 Å². The summed E-state index contributed by atoms with van der Waals surface area (Å²) in [4.78, 5) is 10.9. The van der Waals surface area contributed by atoms with Crippen LogP contribution in [0.3, 0.4) is 0 Å². The van der Waals surface area contributed by atoms with Gasteiger partial charge < -0.3 is 10.4 Å². The summed E-state index contributed by atoms with van der Waals surface area (Å²) in [6.07, 6.45) is 0.621. The third kappa shape index (κ3) is 4.88. The molecule has 0 saturated heterocycles. The molecule has 0 fully saturated rings. The number of rotatable bonds is 6. The van der Waals surface area contributed by atoms with Crippen molar-refractivity contribution in [2.45, 2.75) is 26.8 Å². The molecule has 0 aliphatic carbocycles. The molecule has 0 bridgehead atoms. The van der Waals surface area contributed by atoms with Gasteiger partial charge in [-0.25, -0.2) is 0 Å². The van der Waals surface area contributed by atoms with Crippen LogP contribution in [-0.4, -0.2) is 17.6 Å². The molecule has 1 aromatic rings. The molecule has 0 saturated carbocycles. The Labute approximate surface area is 110 Å². The fourth-order valence-corrected chi connectivity index (χ4v) is 1.83. The van der Waals surface area contributed by atoms with Gasteiger partial charge in [0, 0.05) is 11.0 Å². The number of hydrogen-bond acceptors (Lipinski definition) is 2. The van der Waals surface area contributed by atoms with Crippen molar-refractivity contribution >= 4 is 21.9 Å².